The molecule has 1 aliphatic rings. The summed E-state index contributed by atoms with van der Waals surface area (Å²) in [7, 11) is 0. The van der Waals surface area contributed by atoms with Crippen LogP contribution in [-0.4, -0.2) is 24.0 Å². The Balaban J connectivity index is 1.50. The van der Waals surface area contributed by atoms with Gasteiger partial charge in [-0.3, -0.25) is 9.69 Å². The van der Waals surface area contributed by atoms with Gasteiger partial charge in [0.25, 0.3) is 0 Å². The molecule has 1 aliphatic heterocycles. The third-order valence-electron chi connectivity index (χ3n) is 4.45. The number of halogens is 2. The maximum Gasteiger partial charge on any atom is 0.310 e. The van der Waals surface area contributed by atoms with Crippen molar-refractivity contribution in [1.29, 1.82) is 0 Å². The van der Waals surface area contributed by atoms with Crippen molar-refractivity contribution in [2.24, 2.45) is 5.92 Å². The molecular weight excluding hydrogens is 324 g/mol. The Bertz CT molecular complexity index is 701. The van der Waals surface area contributed by atoms with E-state index in [1.807, 2.05) is 0 Å². The van der Waals surface area contributed by atoms with Gasteiger partial charge in [-0.05, 0) is 54.8 Å². The van der Waals surface area contributed by atoms with Gasteiger partial charge in [0.2, 0.25) is 0 Å². The van der Waals surface area contributed by atoms with Gasteiger partial charge in [0.05, 0.1) is 5.92 Å². The molecule has 2 aromatic carbocycles. The monoisotopic (exact) mass is 345 g/mol. The fraction of sp³-hybridized carbons (Fsp3) is 0.350. The minimum Gasteiger partial charge on any atom is -0.461 e. The highest BCUT2D eigenvalue weighted by atomic mass is 19.1. The molecule has 0 saturated carbocycles. The molecule has 0 spiro atoms. The first-order chi connectivity index (χ1) is 12.1. The van der Waals surface area contributed by atoms with E-state index in [9.17, 15) is 13.6 Å². The van der Waals surface area contributed by atoms with E-state index < -0.39 is 0 Å². The molecule has 1 saturated heterocycles. The zero-order chi connectivity index (χ0) is 17.6. The molecule has 1 atom stereocenters. The highest BCUT2D eigenvalue weighted by molar-refractivity contribution is 5.72. The van der Waals surface area contributed by atoms with Crippen LogP contribution in [-0.2, 0) is 22.7 Å². The Hall–Kier alpha value is -2.27. The zero-order valence-electron chi connectivity index (χ0n) is 14.0. The molecule has 0 aliphatic carbocycles. The van der Waals surface area contributed by atoms with Crippen LogP contribution >= 0.6 is 0 Å². The van der Waals surface area contributed by atoms with Gasteiger partial charge < -0.3 is 4.74 Å². The van der Waals surface area contributed by atoms with Crippen LogP contribution in [0, 0.1) is 17.6 Å². The maximum atomic E-state index is 13.0. The minimum atomic E-state index is -0.307. The normalized spacial score (nSPS) is 18.1. The third-order valence-corrected chi connectivity index (χ3v) is 4.45. The number of rotatable bonds is 5. The molecule has 2 aromatic rings. The van der Waals surface area contributed by atoms with Gasteiger partial charge >= 0.3 is 5.97 Å². The van der Waals surface area contributed by atoms with Crippen molar-refractivity contribution >= 4 is 5.97 Å². The van der Waals surface area contributed by atoms with Crippen molar-refractivity contribution in [3.8, 4) is 0 Å². The summed E-state index contributed by atoms with van der Waals surface area (Å²) in [6.07, 6.45) is 1.74. The van der Waals surface area contributed by atoms with Gasteiger partial charge in [0, 0.05) is 13.1 Å². The van der Waals surface area contributed by atoms with Gasteiger partial charge in [0.15, 0.2) is 0 Å². The van der Waals surface area contributed by atoms with Crippen molar-refractivity contribution in [2.75, 3.05) is 13.1 Å². The molecule has 1 fully saturated rings. The van der Waals surface area contributed by atoms with Gasteiger partial charge in [0.1, 0.15) is 18.2 Å². The lowest BCUT2D eigenvalue weighted by atomic mass is 9.97. The van der Waals surface area contributed by atoms with Crippen molar-refractivity contribution in [3.63, 3.8) is 0 Å². The van der Waals surface area contributed by atoms with Crippen molar-refractivity contribution in [3.05, 3.63) is 71.3 Å². The molecule has 3 nitrogen and oxygen atoms in total. The first-order valence-electron chi connectivity index (χ1n) is 8.48. The van der Waals surface area contributed by atoms with Crippen molar-refractivity contribution in [2.45, 2.75) is 26.0 Å². The van der Waals surface area contributed by atoms with Gasteiger partial charge in [-0.1, -0.05) is 24.3 Å². The molecule has 1 heterocycles. The zero-order valence-corrected chi connectivity index (χ0v) is 14.0. The number of likely N-dealkylation sites (tertiary alicyclic amines) is 1. The third kappa shape index (κ3) is 5.10. The number of carbonyl (C=O) groups is 1. The van der Waals surface area contributed by atoms with Crippen LogP contribution in [0.1, 0.15) is 24.0 Å². The second-order valence-corrected chi connectivity index (χ2v) is 6.43. The summed E-state index contributed by atoms with van der Waals surface area (Å²) in [6, 6.07) is 12.4. The lowest BCUT2D eigenvalue weighted by Crippen LogP contribution is -2.38. The van der Waals surface area contributed by atoms with Gasteiger partial charge in [-0.15, -0.1) is 0 Å². The van der Waals surface area contributed by atoms with Crippen LogP contribution < -0.4 is 0 Å². The highest BCUT2D eigenvalue weighted by Crippen LogP contribution is 2.20. The second kappa shape index (κ2) is 8.21. The Morgan fingerprint density at radius 2 is 1.60 bits per heavy atom. The van der Waals surface area contributed by atoms with Crippen molar-refractivity contribution in [1.82, 2.24) is 4.90 Å². The first kappa shape index (κ1) is 17.5. The average molecular weight is 345 g/mol. The van der Waals surface area contributed by atoms with E-state index in [0.29, 0.717) is 13.1 Å². The molecule has 0 aromatic heterocycles. The fourth-order valence-electron chi connectivity index (χ4n) is 3.09. The van der Waals surface area contributed by atoms with E-state index in [2.05, 4.69) is 4.90 Å². The van der Waals surface area contributed by atoms with Crippen LogP contribution in [0.4, 0.5) is 8.78 Å². The summed E-state index contributed by atoms with van der Waals surface area (Å²) in [5.74, 6) is -0.925. The number of hydrogen-bond donors (Lipinski definition) is 0. The molecule has 25 heavy (non-hydrogen) atoms. The highest BCUT2D eigenvalue weighted by Gasteiger charge is 2.27. The molecular formula is C20H21F2NO2. The molecule has 0 unspecified atom stereocenters. The summed E-state index contributed by atoms with van der Waals surface area (Å²) in [5, 5.41) is 0. The number of carbonyl (C=O) groups excluding carboxylic acids is 1. The predicted octanol–water partition coefficient (Wildman–Crippen LogP) is 3.92. The molecule has 0 radical (unpaired) electrons. The number of nitrogens with zero attached hydrogens (tertiary/aromatic N) is 1. The SMILES string of the molecule is O=C(OCc1ccc(F)cc1)[C@H]1CCCN(Cc2ccc(F)cc2)C1. The Morgan fingerprint density at radius 3 is 2.24 bits per heavy atom. The van der Waals surface area contributed by atoms with E-state index in [-0.39, 0.29) is 30.1 Å². The fourth-order valence-corrected chi connectivity index (χ4v) is 3.09. The standard InChI is InChI=1S/C20H21F2NO2/c21-18-7-3-15(4-8-18)12-23-11-1-2-17(13-23)20(24)25-14-16-5-9-19(22)10-6-16/h3-10,17H,1-2,11-14H2/t17-/m0/s1. The van der Waals surface area contributed by atoms with Crippen molar-refractivity contribution < 1.29 is 18.3 Å². The first-order valence-corrected chi connectivity index (χ1v) is 8.48. The molecule has 3 rings (SSSR count). The number of benzene rings is 2. The summed E-state index contributed by atoms with van der Waals surface area (Å²) in [5.41, 5.74) is 1.80. The number of esters is 1. The lowest BCUT2D eigenvalue weighted by Gasteiger charge is -2.31. The summed E-state index contributed by atoms with van der Waals surface area (Å²) >= 11 is 0. The summed E-state index contributed by atoms with van der Waals surface area (Å²) in [4.78, 5) is 14.5. The van der Waals surface area contributed by atoms with E-state index in [1.54, 1.807) is 24.3 Å². The number of ether oxygens (including phenoxy) is 1. The quantitative estimate of drug-likeness (QED) is 0.769. The van der Waals surface area contributed by atoms with E-state index in [1.165, 1.54) is 24.3 Å². The smallest absolute Gasteiger partial charge is 0.310 e. The Morgan fingerprint density at radius 1 is 1.00 bits per heavy atom. The minimum absolute atomic E-state index is 0.158. The Labute approximate surface area is 146 Å². The maximum absolute atomic E-state index is 13.0. The summed E-state index contributed by atoms with van der Waals surface area (Å²) in [6.45, 7) is 2.41. The number of hydrogen-bond acceptors (Lipinski definition) is 3. The molecule has 5 heteroatoms. The molecule has 132 valence electrons. The molecule has 0 N–H and O–H groups in total. The largest absolute Gasteiger partial charge is 0.461 e. The topological polar surface area (TPSA) is 29.5 Å². The average Bonchev–Trinajstić information content (AvgIpc) is 2.63. The predicted molar refractivity (Wildman–Crippen MR) is 90.6 cm³/mol. The van der Waals surface area contributed by atoms with Crippen LogP contribution in [0.5, 0.6) is 0 Å². The van der Waals surface area contributed by atoms with Crippen LogP contribution in [0.15, 0.2) is 48.5 Å². The van der Waals surface area contributed by atoms with Gasteiger partial charge in [-0.2, -0.15) is 0 Å². The molecule has 0 amide bonds. The lowest BCUT2D eigenvalue weighted by molar-refractivity contribution is -0.151. The number of piperidine rings is 1. The second-order valence-electron chi connectivity index (χ2n) is 6.43. The van der Waals surface area contributed by atoms with E-state index >= 15 is 0 Å². The van der Waals surface area contributed by atoms with E-state index in [4.69, 9.17) is 4.74 Å². The summed E-state index contributed by atoms with van der Waals surface area (Å²) < 4.78 is 31.3. The van der Waals surface area contributed by atoms with E-state index in [0.717, 1.165) is 30.5 Å². The Kier molecular flexibility index (Phi) is 5.76. The van der Waals surface area contributed by atoms with Crippen LogP contribution in [0.25, 0.3) is 0 Å². The van der Waals surface area contributed by atoms with Crippen LogP contribution in [0.2, 0.25) is 0 Å². The molecule has 0 bridgehead atoms. The van der Waals surface area contributed by atoms with Gasteiger partial charge in [-0.25, -0.2) is 8.78 Å². The van der Waals surface area contributed by atoms with Crippen LogP contribution in [0.3, 0.4) is 0 Å².